The second-order valence-corrected chi connectivity index (χ2v) is 4.89. The number of para-hydroxylation sites is 2. The molecule has 0 spiro atoms. The molecular formula is C13H10INO3. The molecule has 0 aliphatic carbocycles. The van der Waals surface area contributed by atoms with E-state index in [1.165, 1.54) is 6.07 Å². The molecular weight excluding hydrogens is 345 g/mol. The highest BCUT2D eigenvalue weighted by Crippen LogP contribution is 2.26. The first kappa shape index (κ1) is 12.8. The molecule has 0 aromatic heterocycles. The zero-order valence-electron chi connectivity index (χ0n) is 9.38. The van der Waals surface area contributed by atoms with E-state index in [4.69, 9.17) is 4.74 Å². The molecule has 92 valence electrons. The molecule has 0 aliphatic rings. The Morgan fingerprint density at radius 1 is 1.11 bits per heavy atom. The second-order valence-electron chi connectivity index (χ2n) is 3.64. The summed E-state index contributed by atoms with van der Waals surface area (Å²) in [6.45, 7) is 0.321. The zero-order valence-corrected chi connectivity index (χ0v) is 11.5. The maximum atomic E-state index is 10.8. The molecule has 2 aromatic rings. The van der Waals surface area contributed by atoms with Crippen molar-refractivity contribution >= 4 is 28.3 Å². The number of ether oxygens (including phenoxy) is 1. The first-order chi connectivity index (χ1) is 8.66. The fourth-order valence-electron chi connectivity index (χ4n) is 1.47. The highest BCUT2D eigenvalue weighted by molar-refractivity contribution is 14.1. The fourth-order valence-corrected chi connectivity index (χ4v) is 1.83. The minimum Gasteiger partial charge on any atom is -0.482 e. The number of hydrogen-bond acceptors (Lipinski definition) is 3. The first-order valence-electron chi connectivity index (χ1n) is 5.27. The Kier molecular flexibility index (Phi) is 4.14. The normalized spacial score (nSPS) is 10.1. The van der Waals surface area contributed by atoms with Crippen LogP contribution in [-0.4, -0.2) is 4.92 Å². The van der Waals surface area contributed by atoms with Crippen LogP contribution in [0, 0.1) is 13.7 Å². The van der Waals surface area contributed by atoms with E-state index in [0.717, 1.165) is 9.13 Å². The van der Waals surface area contributed by atoms with Gasteiger partial charge in [0.25, 0.3) is 0 Å². The van der Waals surface area contributed by atoms with Gasteiger partial charge in [-0.15, -0.1) is 0 Å². The van der Waals surface area contributed by atoms with E-state index in [-0.39, 0.29) is 5.69 Å². The van der Waals surface area contributed by atoms with E-state index < -0.39 is 4.92 Å². The van der Waals surface area contributed by atoms with Crippen LogP contribution in [-0.2, 0) is 6.61 Å². The Morgan fingerprint density at radius 2 is 1.78 bits per heavy atom. The van der Waals surface area contributed by atoms with Crippen LogP contribution < -0.4 is 4.74 Å². The molecule has 0 heterocycles. The van der Waals surface area contributed by atoms with Gasteiger partial charge in [-0.3, -0.25) is 10.1 Å². The van der Waals surface area contributed by atoms with Crippen LogP contribution in [0.5, 0.6) is 5.75 Å². The number of nitro benzene ring substituents is 1. The third kappa shape index (κ3) is 3.19. The lowest BCUT2D eigenvalue weighted by molar-refractivity contribution is -0.385. The second kappa shape index (κ2) is 5.81. The van der Waals surface area contributed by atoms with Gasteiger partial charge >= 0.3 is 5.69 Å². The molecule has 0 radical (unpaired) electrons. The maximum Gasteiger partial charge on any atom is 0.310 e. The molecule has 0 amide bonds. The Bertz CT molecular complexity index is 554. The van der Waals surface area contributed by atoms with Crippen LogP contribution >= 0.6 is 22.6 Å². The van der Waals surface area contributed by atoms with Gasteiger partial charge in [0.15, 0.2) is 5.75 Å². The van der Waals surface area contributed by atoms with Crippen LogP contribution in [0.25, 0.3) is 0 Å². The van der Waals surface area contributed by atoms with Gasteiger partial charge in [-0.2, -0.15) is 0 Å². The minimum absolute atomic E-state index is 0.0111. The molecule has 0 unspecified atom stereocenters. The van der Waals surface area contributed by atoms with Crippen molar-refractivity contribution in [1.82, 2.24) is 0 Å². The molecule has 0 saturated carbocycles. The third-order valence-electron chi connectivity index (χ3n) is 2.37. The molecule has 2 rings (SSSR count). The molecule has 18 heavy (non-hydrogen) atoms. The van der Waals surface area contributed by atoms with Gasteiger partial charge in [0.2, 0.25) is 0 Å². The number of rotatable bonds is 4. The van der Waals surface area contributed by atoms with Crippen molar-refractivity contribution < 1.29 is 9.66 Å². The summed E-state index contributed by atoms with van der Waals surface area (Å²) in [6, 6.07) is 14.2. The summed E-state index contributed by atoms with van der Waals surface area (Å²) in [7, 11) is 0. The predicted molar refractivity (Wildman–Crippen MR) is 76.6 cm³/mol. The van der Waals surface area contributed by atoms with Gasteiger partial charge < -0.3 is 4.74 Å². The van der Waals surface area contributed by atoms with E-state index in [1.54, 1.807) is 18.2 Å². The SMILES string of the molecule is O=[N+]([O-])c1ccccc1OCc1ccc(I)cc1. The first-order valence-corrected chi connectivity index (χ1v) is 6.35. The highest BCUT2D eigenvalue weighted by Gasteiger charge is 2.13. The Balaban J connectivity index is 2.10. The topological polar surface area (TPSA) is 52.4 Å². The quantitative estimate of drug-likeness (QED) is 0.477. The minimum atomic E-state index is -0.441. The van der Waals surface area contributed by atoms with Crippen molar-refractivity contribution in [1.29, 1.82) is 0 Å². The summed E-state index contributed by atoms with van der Waals surface area (Å²) >= 11 is 2.22. The molecule has 2 aromatic carbocycles. The van der Waals surface area contributed by atoms with Gasteiger partial charge in [0.05, 0.1) is 4.92 Å². The van der Waals surface area contributed by atoms with E-state index >= 15 is 0 Å². The molecule has 0 fully saturated rings. The van der Waals surface area contributed by atoms with Crippen LogP contribution in [0.2, 0.25) is 0 Å². The van der Waals surface area contributed by atoms with Crippen molar-refractivity contribution in [2.75, 3.05) is 0 Å². The lowest BCUT2D eigenvalue weighted by Gasteiger charge is -2.06. The van der Waals surface area contributed by atoms with Gasteiger partial charge in [-0.1, -0.05) is 24.3 Å². The average Bonchev–Trinajstić information content (AvgIpc) is 2.38. The fraction of sp³-hybridized carbons (Fsp3) is 0.0769. The van der Waals surface area contributed by atoms with Gasteiger partial charge in [-0.25, -0.2) is 0 Å². The van der Waals surface area contributed by atoms with Gasteiger partial charge in [0.1, 0.15) is 6.61 Å². The van der Waals surface area contributed by atoms with E-state index in [2.05, 4.69) is 22.6 Å². The van der Waals surface area contributed by atoms with Gasteiger partial charge in [-0.05, 0) is 46.4 Å². The van der Waals surface area contributed by atoms with Crippen LogP contribution in [0.4, 0.5) is 5.69 Å². The highest BCUT2D eigenvalue weighted by atomic mass is 127. The van der Waals surface area contributed by atoms with Crippen molar-refractivity contribution in [2.45, 2.75) is 6.61 Å². The van der Waals surface area contributed by atoms with Crippen LogP contribution in [0.15, 0.2) is 48.5 Å². The number of nitrogens with zero attached hydrogens (tertiary/aromatic N) is 1. The van der Waals surface area contributed by atoms with E-state index in [1.807, 2.05) is 24.3 Å². The smallest absolute Gasteiger partial charge is 0.310 e. The Morgan fingerprint density at radius 3 is 2.44 bits per heavy atom. The monoisotopic (exact) mass is 355 g/mol. The predicted octanol–water partition coefficient (Wildman–Crippen LogP) is 3.78. The van der Waals surface area contributed by atoms with Crippen molar-refractivity contribution in [3.05, 3.63) is 67.8 Å². The lowest BCUT2D eigenvalue weighted by atomic mass is 10.2. The van der Waals surface area contributed by atoms with E-state index in [0.29, 0.717) is 12.4 Å². The molecule has 0 atom stereocenters. The zero-order chi connectivity index (χ0) is 13.0. The summed E-state index contributed by atoms with van der Waals surface area (Å²) in [4.78, 5) is 10.4. The lowest BCUT2D eigenvalue weighted by Crippen LogP contribution is -1.98. The van der Waals surface area contributed by atoms with Crippen LogP contribution in [0.3, 0.4) is 0 Å². The molecule has 4 nitrogen and oxygen atoms in total. The van der Waals surface area contributed by atoms with E-state index in [9.17, 15) is 10.1 Å². The summed E-state index contributed by atoms with van der Waals surface area (Å²) in [5, 5.41) is 10.8. The van der Waals surface area contributed by atoms with Crippen molar-refractivity contribution in [3.8, 4) is 5.75 Å². The summed E-state index contributed by atoms with van der Waals surface area (Å²) in [5.41, 5.74) is 0.969. The largest absolute Gasteiger partial charge is 0.482 e. The Labute approximate surface area is 118 Å². The number of halogens is 1. The third-order valence-corrected chi connectivity index (χ3v) is 3.09. The van der Waals surface area contributed by atoms with Crippen LogP contribution in [0.1, 0.15) is 5.56 Å². The Hall–Kier alpha value is -1.63. The molecule has 0 N–H and O–H groups in total. The molecule has 5 heteroatoms. The van der Waals surface area contributed by atoms with Gasteiger partial charge in [0, 0.05) is 9.64 Å². The standard InChI is InChI=1S/C13H10INO3/c14-11-7-5-10(6-8-11)9-18-13-4-2-1-3-12(13)15(16)17/h1-8H,9H2. The average molecular weight is 355 g/mol. The number of nitro groups is 1. The summed E-state index contributed by atoms with van der Waals surface area (Å²) < 4.78 is 6.62. The van der Waals surface area contributed by atoms with Crippen molar-refractivity contribution in [2.24, 2.45) is 0 Å². The molecule has 0 bridgehead atoms. The number of hydrogen-bond donors (Lipinski definition) is 0. The molecule has 0 aliphatic heterocycles. The summed E-state index contributed by atoms with van der Waals surface area (Å²) in [6.07, 6.45) is 0. The number of benzene rings is 2. The van der Waals surface area contributed by atoms with Crippen molar-refractivity contribution in [3.63, 3.8) is 0 Å². The maximum absolute atomic E-state index is 10.8. The molecule has 0 saturated heterocycles. The summed E-state index contributed by atoms with van der Waals surface area (Å²) in [5.74, 6) is 0.293.